The molecule has 7 nitrogen and oxygen atoms in total. The lowest BCUT2D eigenvalue weighted by molar-refractivity contribution is 0.0345. The first kappa shape index (κ1) is 24.1. The summed E-state index contributed by atoms with van der Waals surface area (Å²) >= 11 is 6.30. The maximum absolute atomic E-state index is 12.8. The molecule has 0 fully saturated rings. The van der Waals surface area contributed by atoms with Gasteiger partial charge in [-0.05, 0) is 37.1 Å². The second kappa shape index (κ2) is 11.2. The van der Waals surface area contributed by atoms with Crippen molar-refractivity contribution in [3.8, 4) is 5.75 Å². The normalized spacial score (nSPS) is 13.4. The van der Waals surface area contributed by atoms with Crippen LogP contribution < -0.4 is 4.52 Å². The molecule has 0 saturated carbocycles. The van der Waals surface area contributed by atoms with Gasteiger partial charge in [0.25, 0.3) is 0 Å². The number of nitrogens with zero attached hydrogens (tertiary/aromatic N) is 1. The van der Waals surface area contributed by atoms with Gasteiger partial charge in [0, 0.05) is 30.6 Å². The van der Waals surface area contributed by atoms with E-state index >= 15 is 0 Å². The molecule has 0 heterocycles. The van der Waals surface area contributed by atoms with Gasteiger partial charge < -0.3 is 9.26 Å². The largest absolute Gasteiger partial charge is 0.524 e. The van der Waals surface area contributed by atoms with Crippen molar-refractivity contribution in [2.45, 2.75) is 39.2 Å². The van der Waals surface area contributed by atoms with E-state index in [2.05, 4.69) is 11.6 Å². The van der Waals surface area contributed by atoms with Gasteiger partial charge in [0.1, 0.15) is 17.4 Å². The summed E-state index contributed by atoms with van der Waals surface area (Å²) in [6.07, 6.45) is 6.17. The minimum Gasteiger partial charge on any atom is -0.459 e. The average molecular weight is 430 g/mol. The molecule has 2 N–H and O–H groups in total. The molecule has 1 atom stereocenters. The molecule has 1 rings (SSSR count). The van der Waals surface area contributed by atoms with Crippen LogP contribution in [0.15, 0.2) is 41.9 Å². The van der Waals surface area contributed by atoms with Crippen molar-refractivity contribution in [2.24, 2.45) is 4.99 Å². The average Bonchev–Trinajstić information content (AvgIpc) is 2.59. The summed E-state index contributed by atoms with van der Waals surface area (Å²) in [5.41, 5.74) is 0.799. The van der Waals surface area contributed by atoms with E-state index in [1.807, 2.05) is 13.0 Å². The Morgan fingerprint density at radius 2 is 2.11 bits per heavy atom. The highest BCUT2D eigenvalue weighted by Crippen LogP contribution is 2.41. The molecule has 1 aromatic rings. The third-order valence-corrected chi connectivity index (χ3v) is 4.43. The molecule has 1 aromatic carbocycles. The van der Waals surface area contributed by atoms with Gasteiger partial charge in [0.2, 0.25) is 0 Å². The van der Waals surface area contributed by atoms with Crippen molar-refractivity contribution in [2.75, 3.05) is 7.05 Å². The molecular formula is C19H25ClNO6P. The van der Waals surface area contributed by atoms with E-state index in [-0.39, 0.29) is 22.8 Å². The highest BCUT2D eigenvalue weighted by molar-refractivity contribution is 7.46. The monoisotopic (exact) mass is 429 g/mol. The van der Waals surface area contributed by atoms with Crippen LogP contribution in [0, 0.1) is 0 Å². The molecule has 154 valence electrons. The number of allylic oxidation sites excluding steroid dienone is 2. The predicted octanol–water partition coefficient (Wildman–Crippen LogP) is 4.51. The number of rotatable bonds is 10. The van der Waals surface area contributed by atoms with Crippen molar-refractivity contribution in [1.29, 1.82) is 0 Å². The number of benzene rings is 1. The molecule has 0 aliphatic rings. The molecule has 9 heteroatoms. The molecule has 0 amide bonds. The van der Waals surface area contributed by atoms with Gasteiger partial charge in [-0.25, -0.2) is 9.36 Å². The van der Waals surface area contributed by atoms with E-state index in [0.717, 1.165) is 6.42 Å². The van der Waals surface area contributed by atoms with Gasteiger partial charge in [0.05, 0.1) is 0 Å². The van der Waals surface area contributed by atoms with Gasteiger partial charge in [-0.2, -0.15) is 0 Å². The Kier molecular flexibility index (Phi) is 9.62. The Bertz CT molecular complexity index is 815. The number of halogens is 1. The molecule has 0 radical (unpaired) electrons. The maximum atomic E-state index is 12.8. The van der Waals surface area contributed by atoms with Crippen molar-refractivity contribution in [3.05, 3.63) is 53.1 Å². The highest BCUT2D eigenvalue weighted by Gasteiger charge is 2.27. The number of esters is 1. The highest BCUT2D eigenvalue weighted by atomic mass is 35.5. The zero-order valence-electron chi connectivity index (χ0n) is 16.1. The number of hydrogen-bond acceptors (Lipinski definition) is 5. The number of hydrogen-bond donors (Lipinski definition) is 2. The first-order valence-corrected chi connectivity index (χ1v) is 10.5. The standard InChI is InChI=1S/C19H25ClNO6P/c1-5-7-9-14(21-4)12-15-16(20)10-11-17(27-28(23,24)25)18(15)19(22)26-13(3)8-6-2/h6-7,9-11,13H,2,5,8,12H2,1,3-4H3,(H2,23,24,25)/b9-7+,21-14?/t13-/m1/s1. The molecule has 0 unspecified atom stereocenters. The predicted molar refractivity (Wildman–Crippen MR) is 110 cm³/mol. The van der Waals surface area contributed by atoms with E-state index in [1.54, 1.807) is 26.1 Å². The van der Waals surface area contributed by atoms with Crippen LogP contribution in [0.1, 0.15) is 42.6 Å². The number of ether oxygens (including phenoxy) is 1. The molecule has 0 bridgehead atoms. The Morgan fingerprint density at radius 3 is 2.64 bits per heavy atom. The molecular weight excluding hydrogens is 405 g/mol. The van der Waals surface area contributed by atoms with Gasteiger partial charge in [0.15, 0.2) is 0 Å². The first-order valence-electron chi connectivity index (χ1n) is 8.63. The summed E-state index contributed by atoms with van der Waals surface area (Å²) < 4.78 is 21.4. The van der Waals surface area contributed by atoms with Crippen molar-refractivity contribution < 1.29 is 28.4 Å². The van der Waals surface area contributed by atoms with E-state index in [4.69, 9.17) is 20.9 Å². The first-order chi connectivity index (χ1) is 13.1. The van der Waals surface area contributed by atoms with Crippen molar-refractivity contribution in [3.63, 3.8) is 0 Å². The van der Waals surface area contributed by atoms with Crippen LogP contribution >= 0.6 is 19.4 Å². The van der Waals surface area contributed by atoms with Crippen LogP contribution in [0.5, 0.6) is 5.75 Å². The molecule has 0 aromatic heterocycles. The fourth-order valence-electron chi connectivity index (χ4n) is 2.37. The van der Waals surface area contributed by atoms with Crippen molar-refractivity contribution >= 4 is 31.1 Å². The summed E-state index contributed by atoms with van der Waals surface area (Å²) in [4.78, 5) is 35.4. The van der Waals surface area contributed by atoms with Gasteiger partial charge >= 0.3 is 13.8 Å². The minimum absolute atomic E-state index is 0.141. The van der Waals surface area contributed by atoms with E-state index in [0.29, 0.717) is 17.7 Å². The van der Waals surface area contributed by atoms with Crippen molar-refractivity contribution in [1.82, 2.24) is 0 Å². The lowest BCUT2D eigenvalue weighted by Crippen LogP contribution is -2.18. The zero-order valence-corrected chi connectivity index (χ0v) is 17.7. The van der Waals surface area contributed by atoms with Crippen LogP contribution in [-0.2, 0) is 15.7 Å². The van der Waals surface area contributed by atoms with E-state index in [9.17, 15) is 19.1 Å². The quantitative estimate of drug-likeness (QED) is 0.245. The van der Waals surface area contributed by atoms with E-state index in [1.165, 1.54) is 12.1 Å². The zero-order chi connectivity index (χ0) is 21.3. The Balaban J connectivity index is 3.48. The van der Waals surface area contributed by atoms with Gasteiger partial charge in [-0.1, -0.05) is 30.7 Å². The molecule has 0 aliphatic carbocycles. The molecule has 0 saturated heterocycles. The number of phosphoric acid groups is 1. The second-order valence-corrected chi connectivity index (χ2v) is 7.49. The Morgan fingerprint density at radius 1 is 1.43 bits per heavy atom. The Hall–Kier alpha value is -1.92. The summed E-state index contributed by atoms with van der Waals surface area (Å²) in [6.45, 7) is 7.24. The molecule has 0 spiro atoms. The van der Waals surface area contributed by atoms with Crippen LogP contribution in [0.4, 0.5) is 0 Å². The number of aliphatic imine (C=N–C) groups is 1. The number of carbonyl (C=O) groups is 1. The third-order valence-electron chi connectivity index (χ3n) is 3.64. The fourth-order valence-corrected chi connectivity index (χ4v) is 3.01. The van der Waals surface area contributed by atoms with Crippen LogP contribution in [0.25, 0.3) is 0 Å². The molecule has 0 aliphatic heterocycles. The fraction of sp³-hybridized carbons (Fsp3) is 0.368. The number of phosphoric ester groups is 1. The SMILES string of the molecule is C=CC[C@@H](C)OC(=O)c1c(OP(=O)(O)O)ccc(Cl)c1CC(/C=C/CC)=NC. The summed E-state index contributed by atoms with van der Waals surface area (Å²) in [6, 6.07) is 2.63. The van der Waals surface area contributed by atoms with Crippen LogP contribution in [0.2, 0.25) is 5.02 Å². The second-order valence-electron chi connectivity index (χ2n) is 5.92. The smallest absolute Gasteiger partial charge is 0.459 e. The van der Waals surface area contributed by atoms with Gasteiger partial charge in [-0.15, -0.1) is 6.58 Å². The maximum Gasteiger partial charge on any atom is 0.524 e. The van der Waals surface area contributed by atoms with Gasteiger partial charge in [-0.3, -0.25) is 14.8 Å². The van der Waals surface area contributed by atoms with Crippen LogP contribution in [0.3, 0.4) is 0 Å². The Labute approximate surface area is 170 Å². The lowest BCUT2D eigenvalue weighted by atomic mass is 10.00. The van der Waals surface area contributed by atoms with E-state index < -0.39 is 19.9 Å². The summed E-state index contributed by atoms with van der Waals surface area (Å²) in [5.74, 6) is -1.11. The summed E-state index contributed by atoms with van der Waals surface area (Å²) in [7, 11) is -3.31. The number of carbonyl (C=O) groups excluding carboxylic acids is 1. The topological polar surface area (TPSA) is 105 Å². The van der Waals surface area contributed by atoms with Crippen LogP contribution in [-0.4, -0.2) is 34.6 Å². The third kappa shape index (κ3) is 7.60. The molecule has 28 heavy (non-hydrogen) atoms. The lowest BCUT2D eigenvalue weighted by Gasteiger charge is -2.18. The minimum atomic E-state index is -4.91. The summed E-state index contributed by atoms with van der Waals surface area (Å²) in [5, 5.41) is 0.229.